The van der Waals surface area contributed by atoms with E-state index in [0.717, 1.165) is 25.9 Å². The zero-order chi connectivity index (χ0) is 17.1. The van der Waals surface area contributed by atoms with Crippen molar-refractivity contribution in [2.45, 2.75) is 46.1 Å². The summed E-state index contributed by atoms with van der Waals surface area (Å²) in [6, 6.07) is 0.265. The number of nitrogens with one attached hydrogen (secondary N) is 1. The van der Waals surface area contributed by atoms with Gasteiger partial charge in [-0.3, -0.25) is 4.99 Å². The summed E-state index contributed by atoms with van der Waals surface area (Å²) in [6.07, 6.45) is 2.35. The van der Waals surface area contributed by atoms with Crippen molar-refractivity contribution in [1.82, 2.24) is 10.2 Å². The second-order valence-electron chi connectivity index (χ2n) is 6.19. The fraction of sp³-hybridized carbons (Fsp3) is 0.875. The van der Waals surface area contributed by atoms with E-state index >= 15 is 0 Å². The van der Waals surface area contributed by atoms with Crippen molar-refractivity contribution in [1.29, 1.82) is 0 Å². The van der Waals surface area contributed by atoms with Gasteiger partial charge in [-0.2, -0.15) is 0 Å². The first-order valence-electron chi connectivity index (χ1n) is 8.58. The van der Waals surface area contributed by atoms with Crippen molar-refractivity contribution < 1.29 is 14.3 Å². The van der Waals surface area contributed by atoms with Gasteiger partial charge in [-0.1, -0.05) is 13.8 Å². The number of aliphatic imine (C=N–C) groups is 1. The van der Waals surface area contributed by atoms with E-state index in [-0.39, 0.29) is 12.1 Å². The van der Waals surface area contributed by atoms with Gasteiger partial charge in [0.1, 0.15) is 0 Å². The summed E-state index contributed by atoms with van der Waals surface area (Å²) in [5.41, 5.74) is 5.90. The molecule has 0 saturated carbocycles. The third kappa shape index (κ3) is 8.64. The van der Waals surface area contributed by atoms with Gasteiger partial charge in [0, 0.05) is 38.9 Å². The molecule has 0 bridgehead atoms. The number of carbonyl (C=O) groups is 1. The molecule has 0 aromatic heterocycles. The zero-order valence-corrected chi connectivity index (χ0v) is 14.7. The minimum absolute atomic E-state index is 0.228. The lowest BCUT2D eigenvalue weighted by Crippen LogP contribution is -2.48. The van der Waals surface area contributed by atoms with Crippen LogP contribution in [0.5, 0.6) is 0 Å². The summed E-state index contributed by atoms with van der Waals surface area (Å²) in [7, 11) is 0. The highest BCUT2D eigenvalue weighted by molar-refractivity contribution is 5.78. The molecule has 1 saturated heterocycles. The first kappa shape index (κ1) is 19.5. The molecule has 1 amide bonds. The van der Waals surface area contributed by atoms with Gasteiger partial charge >= 0.3 is 6.09 Å². The number of hydrogen-bond donors (Lipinski definition) is 2. The number of ether oxygens (including phenoxy) is 2. The van der Waals surface area contributed by atoms with Crippen LogP contribution in [0.2, 0.25) is 0 Å². The maximum absolute atomic E-state index is 11.6. The van der Waals surface area contributed by atoms with Gasteiger partial charge in [0.25, 0.3) is 0 Å². The van der Waals surface area contributed by atoms with Crippen molar-refractivity contribution >= 4 is 12.1 Å². The van der Waals surface area contributed by atoms with Gasteiger partial charge in [0.05, 0.1) is 6.61 Å². The van der Waals surface area contributed by atoms with E-state index in [4.69, 9.17) is 15.2 Å². The highest BCUT2D eigenvalue weighted by atomic mass is 16.6. The summed E-state index contributed by atoms with van der Waals surface area (Å²) >= 11 is 0. The molecule has 1 aliphatic heterocycles. The van der Waals surface area contributed by atoms with E-state index < -0.39 is 0 Å². The van der Waals surface area contributed by atoms with Crippen molar-refractivity contribution in [3.05, 3.63) is 0 Å². The van der Waals surface area contributed by atoms with E-state index in [1.165, 1.54) is 0 Å². The van der Waals surface area contributed by atoms with Crippen LogP contribution in [0, 0.1) is 5.92 Å². The lowest BCUT2D eigenvalue weighted by atomic mass is 10.1. The maximum atomic E-state index is 11.6. The van der Waals surface area contributed by atoms with E-state index in [0.29, 0.717) is 44.7 Å². The molecule has 1 heterocycles. The van der Waals surface area contributed by atoms with Crippen LogP contribution >= 0.6 is 0 Å². The van der Waals surface area contributed by atoms with E-state index in [1.54, 1.807) is 4.90 Å². The molecule has 23 heavy (non-hydrogen) atoms. The van der Waals surface area contributed by atoms with Gasteiger partial charge in [0.15, 0.2) is 5.96 Å². The van der Waals surface area contributed by atoms with E-state index in [9.17, 15) is 4.79 Å². The van der Waals surface area contributed by atoms with Crippen LogP contribution in [0.4, 0.5) is 4.79 Å². The summed E-state index contributed by atoms with van der Waals surface area (Å²) in [6.45, 7) is 10.0. The number of piperidine rings is 1. The molecule has 1 aliphatic rings. The number of nitrogens with two attached hydrogens (primary N) is 1. The second-order valence-corrected chi connectivity index (χ2v) is 6.19. The summed E-state index contributed by atoms with van der Waals surface area (Å²) in [4.78, 5) is 17.7. The number of likely N-dealkylation sites (tertiary alicyclic amines) is 1. The highest BCUT2D eigenvalue weighted by Crippen LogP contribution is 2.11. The number of carbonyl (C=O) groups excluding carboxylic acids is 1. The Morgan fingerprint density at radius 1 is 1.39 bits per heavy atom. The number of rotatable bonds is 8. The average molecular weight is 328 g/mol. The molecule has 0 atom stereocenters. The van der Waals surface area contributed by atoms with Crippen LogP contribution in [0.25, 0.3) is 0 Å². The lowest BCUT2D eigenvalue weighted by molar-refractivity contribution is 0.0963. The van der Waals surface area contributed by atoms with Crippen molar-refractivity contribution in [3.63, 3.8) is 0 Å². The molecule has 3 N–H and O–H groups in total. The van der Waals surface area contributed by atoms with Crippen molar-refractivity contribution in [3.8, 4) is 0 Å². The standard InChI is InChI=1S/C16H32N4O3/c1-4-23-16(21)20-9-6-14(7-10-20)19-15(17)18-8-5-11-22-12-13(2)3/h13-14H,4-12H2,1-3H3,(H3,17,18,19). The molecule has 0 aromatic rings. The predicted octanol–water partition coefficient (Wildman–Crippen LogP) is 1.57. The topological polar surface area (TPSA) is 89.2 Å². The van der Waals surface area contributed by atoms with Crippen LogP contribution in [-0.2, 0) is 9.47 Å². The Kier molecular flexibility index (Phi) is 9.43. The monoisotopic (exact) mass is 328 g/mol. The smallest absolute Gasteiger partial charge is 0.409 e. The Morgan fingerprint density at radius 2 is 2.09 bits per heavy atom. The molecule has 134 valence electrons. The quantitative estimate of drug-likeness (QED) is 0.401. The summed E-state index contributed by atoms with van der Waals surface area (Å²) < 4.78 is 10.5. The number of nitrogens with zero attached hydrogens (tertiary/aromatic N) is 2. The molecule has 7 heteroatoms. The summed E-state index contributed by atoms with van der Waals surface area (Å²) in [5, 5.41) is 3.23. The molecule has 0 aromatic carbocycles. The van der Waals surface area contributed by atoms with E-state index in [1.807, 2.05) is 6.92 Å². The molecule has 1 rings (SSSR count). The SMILES string of the molecule is CCOC(=O)N1CCC(NC(N)=NCCCOCC(C)C)CC1. The number of guanidine groups is 1. The molecule has 7 nitrogen and oxygen atoms in total. The van der Waals surface area contributed by atoms with E-state index in [2.05, 4.69) is 24.2 Å². The minimum atomic E-state index is -0.228. The Labute approximate surface area is 139 Å². The Bertz CT molecular complexity index is 366. The van der Waals surface area contributed by atoms with Gasteiger partial charge in [-0.25, -0.2) is 4.79 Å². The first-order chi connectivity index (χ1) is 11.0. The highest BCUT2D eigenvalue weighted by Gasteiger charge is 2.23. The maximum Gasteiger partial charge on any atom is 0.409 e. The number of amides is 1. The third-order valence-corrected chi connectivity index (χ3v) is 3.55. The Hall–Kier alpha value is -1.50. The largest absolute Gasteiger partial charge is 0.450 e. The Morgan fingerprint density at radius 3 is 2.70 bits per heavy atom. The third-order valence-electron chi connectivity index (χ3n) is 3.55. The molecule has 0 radical (unpaired) electrons. The van der Waals surface area contributed by atoms with Crippen molar-refractivity contribution in [2.75, 3.05) is 39.5 Å². The molecular weight excluding hydrogens is 296 g/mol. The molecule has 0 aliphatic carbocycles. The van der Waals surface area contributed by atoms with Crippen LogP contribution in [-0.4, -0.2) is 62.4 Å². The fourth-order valence-electron chi connectivity index (χ4n) is 2.36. The van der Waals surface area contributed by atoms with Crippen LogP contribution < -0.4 is 11.1 Å². The van der Waals surface area contributed by atoms with Crippen molar-refractivity contribution in [2.24, 2.45) is 16.6 Å². The first-order valence-corrected chi connectivity index (χ1v) is 8.58. The Balaban J connectivity index is 2.14. The lowest BCUT2D eigenvalue weighted by Gasteiger charge is -2.31. The second kappa shape index (κ2) is 11.1. The molecule has 0 spiro atoms. The average Bonchev–Trinajstić information content (AvgIpc) is 2.51. The molecule has 1 fully saturated rings. The van der Waals surface area contributed by atoms with Crippen LogP contribution in [0.1, 0.15) is 40.0 Å². The predicted molar refractivity (Wildman–Crippen MR) is 91.5 cm³/mol. The fourth-order valence-corrected chi connectivity index (χ4v) is 2.36. The van der Waals surface area contributed by atoms with Crippen LogP contribution in [0.3, 0.4) is 0 Å². The normalized spacial score (nSPS) is 16.7. The minimum Gasteiger partial charge on any atom is -0.450 e. The van der Waals surface area contributed by atoms with Crippen LogP contribution in [0.15, 0.2) is 4.99 Å². The summed E-state index contributed by atoms with van der Waals surface area (Å²) in [5.74, 6) is 1.04. The van der Waals surface area contributed by atoms with Gasteiger partial charge in [-0.15, -0.1) is 0 Å². The molecule has 0 unspecified atom stereocenters. The molecular formula is C16H32N4O3. The number of hydrogen-bond acceptors (Lipinski definition) is 4. The van der Waals surface area contributed by atoms with Gasteiger partial charge in [0.2, 0.25) is 0 Å². The zero-order valence-electron chi connectivity index (χ0n) is 14.7. The van der Waals surface area contributed by atoms with Gasteiger partial charge < -0.3 is 25.4 Å². The van der Waals surface area contributed by atoms with Gasteiger partial charge in [-0.05, 0) is 32.1 Å².